The van der Waals surface area contributed by atoms with Gasteiger partial charge in [-0.25, -0.2) is 0 Å². The SMILES string of the molecule is CCCOc1ccc(C(=O)c2c(-c3ccc(O)cc3)oc3cc(-c4ccc(O)cc4)ccc23)cc1. The molecule has 5 aromatic rings. The quantitative estimate of drug-likeness (QED) is 0.249. The van der Waals surface area contributed by atoms with E-state index in [-0.39, 0.29) is 17.3 Å². The molecule has 5 nitrogen and oxygen atoms in total. The molecule has 2 N–H and O–H groups in total. The summed E-state index contributed by atoms with van der Waals surface area (Å²) in [7, 11) is 0. The van der Waals surface area contributed by atoms with Gasteiger partial charge in [-0.2, -0.15) is 0 Å². The van der Waals surface area contributed by atoms with Gasteiger partial charge < -0.3 is 19.4 Å². The molecule has 0 fully saturated rings. The monoisotopic (exact) mass is 464 g/mol. The molecule has 35 heavy (non-hydrogen) atoms. The summed E-state index contributed by atoms with van der Waals surface area (Å²) in [5.74, 6) is 1.33. The van der Waals surface area contributed by atoms with Crippen molar-refractivity contribution in [2.24, 2.45) is 0 Å². The normalized spacial score (nSPS) is 11.0. The summed E-state index contributed by atoms with van der Waals surface area (Å²) >= 11 is 0. The molecule has 0 saturated carbocycles. The standard InChI is InChI=1S/C30H24O5/c1-2-17-34-25-14-7-20(8-15-25)29(33)28-26-16-9-22(19-3-10-23(31)11-4-19)18-27(26)35-30(28)21-5-12-24(32)13-6-21/h3-16,18,31-32H,2,17H2,1H3. The molecule has 0 unspecified atom stereocenters. The van der Waals surface area contributed by atoms with Crippen LogP contribution < -0.4 is 4.74 Å². The van der Waals surface area contributed by atoms with Crippen LogP contribution in [-0.2, 0) is 0 Å². The van der Waals surface area contributed by atoms with E-state index in [0.29, 0.717) is 40.0 Å². The van der Waals surface area contributed by atoms with Crippen LogP contribution in [0.5, 0.6) is 17.2 Å². The van der Waals surface area contributed by atoms with Crippen molar-refractivity contribution >= 4 is 16.8 Å². The van der Waals surface area contributed by atoms with Crippen molar-refractivity contribution in [3.8, 4) is 39.7 Å². The van der Waals surface area contributed by atoms with E-state index < -0.39 is 0 Å². The van der Waals surface area contributed by atoms with Crippen LogP contribution in [0.2, 0.25) is 0 Å². The first kappa shape index (κ1) is 22.3. The molecule has 0 saturated heterocycles. The lowest BCUT2D eigenvalue weighted by molar-refractivity contribution is 0.104. The number of aromatic hydroxyl groups is 2. The van der Waals surface area contributed by atoms with E-state index in [1.54, 1.807) is 60.7 Å². The summed E-state index contributed by atoms with van der Waals surface area (Å²) < 4.78 is 11.9. The third-order valence-corrected chi connectivity index (χ3v) is 5.84. The zero-order chi connectivity index (χ0) is 24.4. The molecular formula is C30H24O5. The van der Waals surface area contributed by atoms with Gasteiger partial charge in [0.25, 0.3) is 0 Å². The Bertz CT molecular complexity index is 1480. The zero-order valence-corrected chi connectivity index (χ0v) is 19.2. The second-order valence-corrected chi connectivity index (χ2v) is 8.31. The van der Waals surface area contributed by atoms with Gasteiger partial charge >= 0.3 is 0 Å². The molecule has 1 aromatic heterocycles. The number of phenols is 2. The number of ketones is 1. The van der Waals surface area contributed by atoms with Gasteiger partial charge in [0.15, 0.2) is 5.78 Å². The highest BCUT2D eigenvalue weighted by atomic mass is 16.5. The fourth-order valence-corrected chi connectivity index (χ4v) is 4.04. The van der Waals surface area contributed by atoms with E-state index in [9.17, 15) is 15.0 Å². The summed E-state index contributed by atoms with van der Waals surface area (Å²) in [5.41, 5.74) is 4.08. The van der Waals surface area contributed by atoms with E-state index in [4.69, 9.17) is 9.15 Å². The number of furan rings is 1. The average Bonchev–Trinajstić information content (AvgIpc) is 3.27. The highest BCUT2D eigenvalue weighted by molar-refractivity contribution is 6.19. The number of benzene rings is 4. The third kappa shape index (κ3) is 4.49. The Labute approximate surface area is 202 Å². The molecule has 0 aliphatic heterocycles. The number of hydrogen-bond donors (Lipinski definition) is 2. The molecule has 0 bridgehead atoms. The fraction of sp³-hybridized carbons (Fsp3) is 0.100. The predicted molar refractivity (Wildman–Crippen MR) is 136 cm³/mol. The maximum Gasteiger partial charge on any atom is 0.197 e. The Morgan fingerprint density at radius 2 is 1.37 bits per heavy atom. The van der Waals surface area contributed by atoms with Crippen molar-refractivity contribution < 1.29 is 24.2 Å². The Morgan fingerprint density at radius 1 is 0.771 bits per heavy atom. The van der Waals surface area contributed by atoms with Crippen LogP contribution in [0.1, 0.15) is 29.3 Å². The molecule has 0 aliphatic carbocycles. The summed E-state index contributed by atoms with van der Waals surface area (Å²) in [6.45, 7) is 2.66. The third-order valence-electron chi connectivity index (χ3n) is 5.84. The lowest BCUT2D eigenvalue weighted by Crippen LogP contribution is -2.03. The maximum absolute atomic E-state index is 13.7. The van der Waals surface area contributed by atoms with E-state index in [1.807, 2.05) is 37.3 Å². The van der Waals surface area contributed by atoms with Crippen molar-refractivity contribution in [1.82, 2.24) is 0 Å². The number of phenolic OH excluding ortho intramolecular Hbond substituents is 2. The highest BCUT2D eigenvalue weighted by Crippen LogP contribution is 2.38. The number of carbonyl (C=O) groups excluding carboxylic acids is 1. The van der Waals surface area contributed by atoms with Crippen molar-refractivity contribution in [3.05, 3.63) is 102 Å². The minimum Gasteiger partial charge on any atom is -0.508 e. The first-order valence-electron chi connectivity index (χ1n) is 11.5. The molecule has 0 atom stereocenters. The lowest BCUT2D eigenvalue weighted by atomic mass is 9.96. The lowest BCUT2D eigenvalue weighted by Gasteiger charge is -2.07. The zero-order valence-electron chi connectivity index (χ0n) is 19.2. The fourth-order valence-electron chi connectivity index (χ4n) is 4.04. The van der Waals surface area contributed by atoms with Gasteiger partial charge in [0.2, 0.25) is 0 Å². The number of rotatable bonds is 7. The van der Waals surface area contributed by atoms with Crippen molar-refractivity contribution in [2.45, 2.75) is 13.3 Å². The van der Waals surface area contributed by atoms with Gasteiger partial charge in [-0.05, 0) is 90.3 Å². The number of fused-ring (bicyclic) bond motifs is 1. The van der Waals surface area contributed by atoms with Crippen molar-refractivity contribution in [1.29, 1.82) is 0 Å². The smallest absolute Gasteiger partial charge is 0.197 e. The first-order valence-corrected chi connectivity index (χ1v) is 11.5. The van der Waals surface area contributed by atoms with Gasteiger partial charge in [-0.15, -0.1) is 0 Å². The molecule has 0 radical (unpaired) electrons. The van der Waals surface area contributed by atoms with E-state index >= 15 is 0 Å². The Morgan fingerprint density at radius 3 is 2.00 bits per heavy atom. The predicted octanol–water partition coefficient (Wildman–Crippen LogP) is 7.20. The van der Waals surface area contributed by atoms with Gasteiger partial charge in [0.05, 0.1) is 12.2 Å². The van der Waals surface area contributed by atoms with Crippen LogP contribution in [0, 0.1) is 0 Å². The van der Waals surface area contributed by atoms with Crippen molar-refractivity contribution in [3.63, 3.8) is 0 Å². The Hall–Kier alpha value is -4.51. The van der Waals surface area contributed by atoms with Crippen LogP contribution in [0.25, 0.3) is 33.4 Å². The minimum absolute atomic E-state index is 0.134. The van der Waals surface area contributed by atoms with Crippen molar-refractivity contribution in [2.75, 3.05) is 6.61 Å². The molecule has 4 aromatic carbocycles. The average molecular weight is 465 g/mol. The van der Waals surface area contributed by atoms with E-state index in [2.05, 4.69) is 0 Å². The second kappa shape index (κ2) is 9.39. The largest absolute Gasteiger partial charge is 0.508 e. The van der Waals surface area contributed by atoms with Gasteiger partial charge in [0.1, 0.15) is 28.6 Å². The summed E-state index contributed by atoms with van der Waals surface area (Å²) in [6.07, 6.45) is 0.907. The van der Waals surface area contributed by atoms with Crippen LogP contribution in [0.3, 0.4) is 0 Å². The molecule has 1 heterocycles. The van der Waals surface area contributed by atoms with Crippen LogP contribution in [0.15, 0.2) is 95.4 Å². The molecule has 5 heteroatoms. The van der Waals surface area contributed by atoms with Crippen LogP contribution >= 0.6 is 0 Å². The number of ether oxygens (including phenoxy) is 1. The highest BCUT2D eigenvalue weighted by Gasteiger charge is 2.24. The molecule has 0 aliphatic rings. The van der Waals surface area contributed by atoms with Gasteiger partial charge in [0, 0.05) is 16.5 Å². The Kier molecular flexibility index (Phi) is 5.98. The second-order valence-electron chi connectivity index (χ2n) is 8.31. The van der Waals surface area contributed by atoms with Gasteiger partial charge in [-0.3, -0.25) is 4.79 Å². The van der Waals surface area contributed by atoms with E-state index in [0.717, 1.165) is 23.3 Å². The minimum atomic E-state index is -0.161. The molecule has 0 spiro atoms. The topological polar surface area (TPSA) is 79.9 Å². The number of carbonyl (C=O) groups is 1. The van der Waals surface area contributed by atoms with Crippen LogP contribution in [-0.4, -0.2) is 22.6 Å². The maximum atomic E-state index is 13.7. The molecule has 5 rings (SSSR count). The summed E-state index contributed by atoms with van der Waals surface area (Å²) in [6, 6.07) is 26.3. The number of hydrogen-bond acceptors (Lipinski definition) is 5. The first-order chi connectivity index (χ1) is 17.0. The molecule has 174 valence electrons. The summed E-state index contributed by atoms with van der Waals surface area (Å²) in [5, 5.41) is 20.1. The summed E-state index contributed by atoms with van der Waals surface area (Å²) in [4.78, 5) is 13.7. The van der Waals surface area contributed by atoms with Crippen LogP contribution in [0.4, 0.5) is 0 Å². The molecule has 0 amide bonds. The van der Waals surface area contributed by atoms with Gasteiger partial charge in [-0.1, -0.05) is 25.1 Å². The van der Waals surface area contributed by atoms with E-state index in [1.165, 1.54) is 0 Å². The molecular weight excluding hydrogens is 440 g/mol. The Balaban J connectivity index is 1.62.